The first-order valence-electron chi connectivity index (χ1n) is 1.99. The average molecular weight is 183 g/mol. The first-order chi connectivity index (χ1) is 4.18. The zero-order valence-electron chi connectivity index (χ0n) is 5.11. The number of rotatable bonds is 1. The fourth-order valence-corrected chi connectivity index (χ4v) is 0. The SMILES string of the molecule is C.C.N#CCO.O.O=C(O)CO. The minimum Gasteiger partial charge on any atom is -0.480 e. The Morgan fingerprint density at radius 1 is 1.33 bits per heavy atom. The van der Waals surface area contributed by atoms with Crippen LogP contribution in [-0.4, -0.2) is 40.0 Å². The van der Waals surface area contributed by atoms with Gasteiger partial charge >= 0.3 is 5.97 Å². The van der Waals surface area contributed by atoms with Gasteiger partial charge in [0.25, 0.3) is 0 Å². The molecule has 5 N–H and O–H groups in total. The van der Waals surface area contributed by atoms with Gasteiger partial charge in [-0.1, -0.05) is 14.9 Å². The van der Waals surface area contributed by atoms with Crippen LogP contribution in [-0.2, 0) is 4.79 Å². The molecule has 0 aliphatic rings. The van der Waals surface area contributed by atoms with Crippen LogP contribution in [0.15, 0.2) is 0 Å². The van der Waals surface area contributed by atoms with Gasteiger partial charge in [0.1, 0.15) is 13.2 Å². The average Bonchev–Trinajstić information content (AvgIpc) is 1.89. The van der Waals surface area contributed by atoms with Crippen LogP contribution in [0.4, 0.5) is 0 Å². The second kappa shape index (κ2) is 32.8. The van der Waals surface area contributed by atoms with Gasteiger partial charge in [0.2, 0.25) is 0 Å². The van der Waals surface area contributed by atoms with Crippen LogP contribution in [0.2, 0.25) is 0 Å². The molecule has 0 saturated heterocycles. The summed E-state index contributed by atoms with van der Waals surface area (Å²) in [5.74, 6) is -1.19. The van der Waals surface area contributed by atoms with Crippen molar-refractivity contribution in [1.82, 2.24) is 0 Å². The van der Waals surface area contributed by atoms with Crippen LogP contribution in [0, 0.1) is 11.3 Å². The molecule has 0 aromatic carbocycles. The molecule has 6 nitrogen and oxygen atoms in total. The van der Waals surface area contributed by atoms with Gasteiger partial charge in [-0.25, -0.2) is 4.79 Å². The Morgan fingerprint density at radius 3 is 1.50 bits per heavy atom. The quantitative estimate of drug-likeness (QED) is 0.449. The zero-order chi connectivity index (χ0) is 7.70. The van der Waals surface area contributed by atoms with Gasteiger partial charge in [-0.3, -0.25) is 0 Å². The number of carbonyl (C=O) groups is 1. The minimum absolute atomic E-state index is 0. The number of aliphatic hydroxyl groups excluding tert-OH is 2. The van der Waals surface area contributed by atoms with Crippen molar-refractivity contribution in [3.63, 3.8) is 0 Å². The van der Waals surface area contributed by atoms with Gasteiger partial charge in [-0.05, 0) is 0 Å². The van der Waals surface area contributed by atoms with Gasteiger partial charge in [0, 0.05) is 0 Å². The number of nitrogens with zero attached hydrogens (tertiary/aromatic N) is 1. The lowest BCUT2D eigenvalue weighted by atomic mass is 10.8. The fraction of sp³-hybridized carbons (Fsp3) is 0.667. The molecule has 0 bridgehead atoms. The molecule has 0 saturated carbocycles. The third-order valence-corrected chi connectivity index (χ3v) is 0.206. The van der Waals surface area contributed by atoms with Gasteiger partial charge in [0.15, 0.2) is 0 Å². The molecular weight excluding hydrogens is 166 g/mol. The van der Waals surface area contributed by atoms with E-state index < -0.39 is 12.6 Å². The molecule has 0 radical (unpaired) electrons. The third kappa shape index (κ3) is 160. The molecule has 6 heteroatoms. The third-order valence-electron chi connectivity index (χ3n) is 0.206. The van der Waals surface area contributed by atoms with Gasteiger partial charge in [-0.15, -0.1) is 0 Å². The van der Waals surface area contributed by atoms with Crippen molar-refractivity contribution in [3.05, 3.63) is 0 Å². The Hall–Kier alpha value is -1.16. The molecule has 0 spiro atoms. The highest BCUT2D eigenvalue weighted by atomic mass is 16.4. The van der Waals surface area contributed by atoms with Crippen molar-refractivity contribution in [1.29, 1.82) is 5.26 Å². The van der Waals surface area contributed by atoms with E-state index in [1.807, 2.05) is 0 Å². The molecule has 0 aliphatic heterocycles. The molecule has 0 aromatic rings. The Labute approximate surface area is 72.0 Å². The Bertz CT molecular complexity index is 109. The second-order valence-corrected chi connectivity index (χ2v) is 0.868. The molecule has 76 valence electrons. The van der Waals surface area contributed by atoms with Crippen LogP contribution >= 0.6 is 0 Å². The highest BCUT2D eigenvalue weighted by Crippen LogP contribution is 1.48. The van der Waals surface area contributed by atoms with Crippen LogP contribution in [0.1, 0.15) is 14.9 Å². The first-order valence-corrected chi connectivity index (χ1v) is 1.99. The van der Waals surface area contributed by atoms with Crippen LogP contribution in [0.3, 0.4) is 0 Å². The number of aliphatic carboxylic acids is 1. The summed E-state index contributed by atoms with van der Waals surface area (Å²) in [5.41, 5.74) is 0. The second-order valence-electron chi connectivity index (χ2n) is 0.868. The summed E-state index contributed by atoms with van der Waals surface area (Å²) in [6.45, 7) is -1.15. The molecule has 0 fully saturated rings. The normalized spacial score (nSPS) is 4.75. The molecule has 0 heterocycles. The van der Waals surface area contributed by atoms with E-state index in [0.29, 0.717) is 0 Å². The predicted molar refractivity (Wildman–Crippen MR) is 44.5 cm³/mol. The maximum atomic E-state index is 9.12. The largest absolute Gasteiger partial charge is 0.480 e. The summed E-state index contributed by atoms with van der Waals surface area (Å²) >= 11 is 0. The summed E-state index contributed by atoms with van der Waals surface area (Å²) in [5, 5.41) is 29.9. The van der Waals surface area contributed by atoms with Crippen LogP contribution in [0.5, 0.6) is 0 Å². The number of hydrogen-bond acceptors (Lipinski definition) is 4. The van der Waals surface area contributed by atoms with Crippen LogP contribution < -0.4 is 0 Å². The van der Waals surface area contributed by atoms with E-state index in [1.165, 1.54) is 6.07 Å². The number of hydrogen-bond donors (Lipinski definition) is 3. The highest BCUT2D eigenvalue weighted by molar-refractivity contribution is 5.67. The van der Waals surface area contributed by atoms with Crippen molar-refractivity contribution >= 4 is 5.97 Å². The Kier molecular flexibility index (Phi) is 84.2. The number of carboxylic acids is 1. The van der Waals surface area contributed by atoms with E-state index in [0.717, 1.165) is 0 Å². The van der Waals surface area contributed by atoms with Gasteiger partial charge in [-0.2, -0.15) is 5.26 Å². The molecule has 0 aliphatic carbocycles. The minimum atomic E-state index is -1.19. The van der Waals surface area contributed by atoms with E-state index in [-0.39, 0.29) is 26.9 Å². The first kappa shape index (κ1) is 30.8. The summed E-state index contributed by atoms with van der Waals surface area (Å²) in [7, 11) is 0. The van der Waals surface area contributed by atoms with Crippen molar-refractivity contribution in [2.45, 2.75) is 14.9 Å². The van der Waals surface area contributed by atoms with E-state index in [9.17, 15) is 0 Å². The molecule has 0 rings (SSSR count). The molecule has 0 aromatic heterocycles. The van der Waals surface area contributed by atoms with E-state index in [1.54, 1.807) is 0 Å². The summed E-state index contributed by atoms with van der Waals surface area (Å²) < 4.78 is 0. The zero-order valence-corrected chi connectivity index (χ0v) is 5.11. The Morgan fingerprint density at radius 2 is 1.50 bits per heavy atom. The lowest BCUT2D eigenvalue weighted by molar-refractivity contribution is -0.140. The summed E-state index contributed by atoms with van der Waals surface area (Å²) in [6.07, 6.45) is 0. The van der Waals surface area contributed by atoms with Crippen molar-refractivity contribution < 1.29 is 25.6 Å². The van der Waals surface area contributed by atoms with Crippen molar-refractivity contribution in [2.24, 2.45) is 0 Å². The lowest BCUT2D eigenvalue weighted by Gasteiger charge is -1.72. The summed E-state index contributed by atoms with van der Waals surface area (Å²) in [6, 6.07) is 1.49. The number of nitriles is 1. The van der Waals surface area contributed by atoms with Gasteiger partial charge in [0.05, 0.1) is 6.07 Å². The predicted octanol–water partition coefficient (Wildman–Crippen LogP) is -0.987. The molecule has 0 unspecified atom stereocenters. The molecule has 0 atom stereocenters. The topological polar surface area (TPSA) is 133 Å². The maximum absolute atomic E-state index is 9.12. The smallest absolute Gasteiger partial charge is 0.329 e. The summed E-state index contributed by atoms with van der Waals surface area (Å²) in [4.78, 5) is 9.12. The standard InChI is InChI=1S/C2H3NO.C2H4O3.2CH4.H2O/c3-1-2-4;3-1-2(4)5;;;/h4H,2H2;3H,1H2,(H,4,5);2*1H4;1H2. The monoisotopic (exact) mass is 183 g/mol. The fourth-order valence-electron chi connectivity index (χ4n) is 0. The highest BCUT2D eigenvalue weighted by Gasteiger charge is 1.82. The lowest BCUT2D eigenvalue weighted by Crippen LogP contribution is -1.98. The van der Waals surface area contributed by atoms with Gasteiger partial charge < -0.3 is 20.8 Å². The number of carboxylic acid groups (broad SMARTS) is 1. The van der Waals surface area contributed by atoms with Crippen molar-refractivity contribution in [3.8, 4) is 6.07 Å². The number of aliphatic hydroxyl groups is 2. The maximum Gasteiger partial charge on any atom is 0.329 e. The van der Waals surface area contributed by atoms with Crippen LogP contribution in [0.25, 0.3) is 0 Å². The van der Waals surface area contributed by atoms with Crippen molar-refractivity contribution in [2.75, 3.05) is 13.2 Å². The van der Waals surface area contributed by atoms with E-state index in [4.69, 9.17) is 25.4 Å². The molecule has 0 amide bonds. The molecular formula is C6H17NO5. The van der Waals surface area contributed by atoms with E-state index in [2.05, 4.69) is 0 Å². The van der Waals surface area contributed by atoms with E-state index >= 15 is 0 Å². The Balaban J connectivity index is -0.0000000221. The molecule has 12 heavy (non-hydrogen) atoms.